The van der Waals surface area contributed by atoms with Gasteiger partial charge in [0.15, 0.2) is 0 Å². The number of nitrogens with zero attached hydrogens (tertiary/aromatic N) is 4. The Morgan fingerprint density at radius 1 is 1.20 bits per heavy atom. The Hall–Kier alpha value is -3.03. The highest BCUT2D eigenvalue weighted by Gasteiger charge is 2.19. The summed E-state index contributed by atoms with van der Waals surface area (Å²) in [4.78, 5) is 33.6. The molecular formula is C17H19N5O3. The third-order valence-electron chi connectivity index (χ3n) is 4.12. The van der Waals surface area contributed by atoms with Gasteiger partial charge in [-0.25, -0.2) is 9.97 Å². The SMILES string of the molecule is O=C(NCc1nccc(N2CCCCC2)n1)c1ccccc1[N+](=O)[O-]. The summed E-state index contributed by atoms with van der Waals surface area (Å²) < 4.78 is 0. The number of carbonyl (C=O) groups excluding carboxylic acids is 1. The first-order valence-electron chi connectivity index (χ1n) is 8.23. The van der Waals surface area contributed by atoms with Crippen molar-refractivity contribution in [1.29, 1.82) is 0 Å². The number of anilines is 1. The third-order valence-corrected chi connectivity index (χ3v) is 4.12. The Balaban J connectivity index is 1.67. The number of nitro groups is 1. The Morgan fingerprint density at radius 3 is 2.72 bits per heavy atom. The number of carbonyl (C=O) groups is 1. The number of aromatic nitrogens is 2. The van der Waals surface area contributed by atoms with Crippen LogP contribution in [0.15, 0.2) is 36.5 Å². The molecule has 1 aromatic carbocycles. The van der Waals surface area contributed by atoms with Gasteiger partial charge in [0.1, 0.15) is 17.2 Å². The molecule has 0 aliphatic carbocycles. The van der Waals surface area contributed by atoms with Gasteiger partial charge in [-0.3, -0.25) is 14.9 Å². The lowest BCUT2D eigenvalue weighted by molar-refractivity contribution is -0.385. The van der Waals surface area contributed by atoms with Crippen LogP contribution >= 0.6 is 0 Å². The zero-order valence-electron chi connectivity index (χ0n) is 13.7. The van der Waals surface area contributed by atoms with E-state index in [1.165, 1.54) is 24.6 Å². The molecule has 1 aliphatic heterocycles. The van der Waals surface area contributed by atoms with Crippen LogP contribution in [0.1, 0.15) is 35.4 Å². The molecule has 8 heteroatoms. The van der Waals surface area contributed by atoms with Crippen molar-refractivity contribution >= 4 is 17.4 Å². The van der Waals surface area contributed by atoms with Gasteiger partial charge in [0.25, 0.3) is 11.6 Å². The first kappa shape index (κ1) is 16.8. The number of piperidine rings is 1. The number of nitro benzene ring substituents is 1. The highest BCUT2D eigenvalue weighted by atomic mass is 16.6. The minimum Gasteiger partial charge on any atom is -0.357 e. The summed E-state index contributed by atoms with van der Waals surface area (Å²) in [6.07, 6.45) is 5.20. The molecule has 3 rings (SSSR count). The Morgan fingerprint density at radius 2 is 1.96 bits per heavy atom. The minimum absolute atomic E-state index is 0.0275. The van der Waals surface area contributed by atoms with E-state index in [1.54, 1.807) is 12.3 Å². The molecule has 25 heavy (non-hydrogen) atoms. The van der Waals surface area contributed by atoms with Crippen molar-refractivity contribution in [1.82, 2.24) is 15.3 Å². The molecule has 0 bridgehead atoms. The van der Waals surface area contributed by atoms with E-state index in [0.717, 1.165) is 31.7 Å². The van der Waals surface area contributed by atoms with E-state index in [4.69, 9.17) is 0 Å². The van der Waals surface area contributed by atoms with Crippen LogP contribution in [0, 0.1) is 10.1 Å². The number of hydrogen-bond donors (Lipinski definition) is 1. The monoisotopic (exact) mass is 341 g/mol. The first-order chi connectivity index (χ1) is 12.1. The smallest absolute Gasteiger partial charge is 0.282 e. The number of nitrogens with one attached hydrogen (secondary N) is 1. The summed E-state index contributed by atoms with van der Waals surface area (Å²) in [6.45, 7) is 2.06. The largest absolute Gasteiger partial charge is 0.357 e. The van der Waals surface area contributed by atoms with Crippen LogP contribution in [0.2, 0.25) is 0 Å². The maximum atomic E-state index is 12.2. The predicted octanol–water partition coefficient (Wildman–Crippen LogP) is 2.31. The molecule has 0 atom stereocenters. The second-order valence-corrected chi connectivity index (χ2v) is 5.84. The fraction of sp³-hybridized carbons (Fsp3) is 0.353. The van der Waals surface area contributed by atoms with Crippen molar-refractivity contribution in [3.8, 4) is 0 Å². The van der Waals surface area contributed by atoms with Crippen molar-refractivity contribution in [3.63, 3.8) is 0 Å². The molecule has 1 aromatic heterocycles. The summed E-state index contributed by atoms with van der Waals surface area (Å²) >= 11 is 0. The first-order valence-corrected chi connectivity index (χ1v) is 8.23. The van der Waals surface area contributed by atoms with Crippen LogP contribution in [0.5, 0.6) is 0 Å². The fourth-order valence-corrected chi connectivity index (χ4v) is 2.85. The topological polar surface area (TPSA) is 101 Å². The van der Waals surface area contributed by atoms with Crippen molar-refractivity contribution in [2.45, 2.75) is 25.8 Å². The highest BCUT2D eigenvalue weighted by Crippen LogP contribution is 2.18. The molecule has 2 heterocycles. The van der Waals surface area contributed by atoms with E-state index in [0.29, 0.717) is 5.82 Å². The van der Waals surface area contributed by atoms with Crippen LogP contribution < -0.4 is 10.2 Å². The van der Waals surface area contributed by atoms with E-state index < -0.39 is 10.8 Å². The van der Waals surface area contributed by atoms with Gasteiger partial charge in [0.2, 0.25) is 0 Å². The molecule has 0 unspecified atom stereocenters. The third kappa shape index (κ3) is 4.09. The average molecular weight is 341 g/mol. The van der Waals surface area contributed by atoms with Gasteiger partial charge in [-0.1, -0.05) is 12.1 Å². The molecule has 130 valence electrons. The lowest BCUT2D eigenvalue weighted by Gasteiger charge is -2.27. The highest BCUT2D eigenvalue weighted by molar-refractivity contribution is 5.98. The molecule has 0 radical (unpaired) electrons. The molecule has 0 spiro atoms. The molecule has 8 nitrogen and oxygen atoms in total. The zero-order valence-corrected chi connectivity index (χ0v) is 13.7. The number of hydrogen-bond acceptors (Lipinski definition) is 6. The Kier molecular flexibility index (Phi) is 5.17. The molecule has 0 saturated carbocycles. The van der Waals surface area contributed by atoms with Gasteiger partial charge in [0.05, 0.1) is 11.5 Å². The van der Waals surface area contributed by atoms with E-state index >= 15 is 0 Å². The quantitative estimate of drug-likeness (QED) is 0.661. The maximum absolute atomic E-state index is 12.2. The van der Waals surface area contributed by atoms with Crippen molar-refractivity contribution in [2.24, 2.45) is 0 Å². The van der Waals surface area contributed by atoms with Crippen LogP contribution in [-0.4, -0.2) is 33.9 Å². The second kappa shape index (κ2) is 7.69. The van der Waals surface area contributed by atoms with Gasteiger partial charge in [-0.15, -0.1) is 0 Å². The molecular weight excluding hydrogens is 322 g/mol. The lowest BCUT2D eigenvalue weighted by Crippen LogP contribution is -2.31. The van der Waals surface area contributed by atoms with Gasteiger partial charge in [-0.2, -0.15) is 0 Å². The molecule has 1 aliphatic rings. The molecule has 1 saturated heterocycles. The Labute approximate surface area is 145 Å². The van der Waals surface area contributed by atoms with E-state index in [-0.39, 0.29) is 17.8 Å². The van der Waals surface area contributed by atoms with Gasteiger partial charge in [-0.05, 0) is 31.4 Å². The molecule has 1 amide bonds. The number of rotatable bonds is 5. The van der Waals surface area contributed by atoms with Gasteiger partial charge >= 0.3 is 0 Å². The molecule has 1 fully saturated rings. The summed E-state index contributed by atoms with van der Waals surface area (Å²) in [5.41, 5.74) is -0.192. The van der Waals surface area contributed by atoms with E-state index in [9.17, 15) is 14.9 Å². The van der Waals surface area contributed by atoms with Crippen molar-refractivity contribution in [2.75, 3.05) is 18.0 Å². The second-order valence-electron chi connectivity index (χ2n) is 5.84. The van der Waals surface area contributed by atoms with Crippen LogP contribution in [-0.2, 0) is 6.54 Å². The Bertz CT molecular complexity index is 774. The molecule has 2 aromatic rings. The summed E-state index contributed by atoms with van der Waals surface area (Å²) in [5.74, 6) is 0.818. The van der Waals surface area contributed by atoms with E-state index in [2.05, 4.69) is 20.2 Å². The number of amides is 1. The minimum atomic E-state index is -0.567. The normalized spacial score (nSPS) is 14.2. The number of benzene rings is 1. The summed E-state index contributed by atoms with van der Waals surface area (Å²) in [7, 11) is 0. The predicted molar refractivity (Wildman–Crippen MR) is 92.4 cm³/mol. The van der Waals surface area contributed by atoms with E-state index in [1.807, 2.05) is 6.07 Å². The zero-order chi connectivity index (χ0) is 17.6. The van der Waals surface area contributed by atoms with Crippen LogP contribution in [0.25, 0.3) is 0 Å². The average Bonchev–Trinajstić information content (AvgIpc) is 2.67. The van der Waals surface area contributed by atoms with Gasteiger partial charge in [0, 0.05) is 25.4 Å². The van der Waals surface area contributed by atoms with Gasteiger partial charge < -0.3 is 10.2 Å². The summed E-state index contributed by atoms with van der Waals surface area (Å²) in [6, 6.07) is 7.72. The molecule has 1 N–H and O–H groups in total. The van der Waals surface area contributed by atoms with Crippen LogP contribution in [0.3, 0.4) is 0 Å². The van der Waals surface area contributed by atoms with Crippen molar-refractivity contribution < 1.29 is 9.72 Å². The standard InChI is InChI=1S/C17H19N5O3/c23-17(13-6-2-3-7-14(13)22(24)25)19-12-15-18-9-8-16(20-15)21-10-4-1-5-11-21/h2-3,6-9H,1,4-5,10-12H2,(H,19,23). The fourth-order valence-electron chi connectivity index (χ4n) is 2.85. The van der Waals surface area contributed by atoms with Crippen molar-refractivity contribution in [3.05, 3.63) is 58.0 Å². The number of para-hydroxylation sites is 1. The summed E-state index contributed by atoms with van der Waals surface area (Å²) in [5, 5.41) is 13.7. The van der Waals surface area contributed by atoms with Crippen LogP contribution in [0.4, 0.5) is 11.5 Å². The maximum Gasteiger partial charge on any atom is 0.282 e. The lowest BCUT2D eigenvalue weighted by atomic mass is 10.1.